The zero-order valence-corrected chi connectivity index (χ0v) is 10.3. The summed E-state index contributed by atoms with van der Waals surface area (Å²) in [7, 11) is 0. The Balaban J connectivity index is 1.89. The van der Waals surface area contributed by atoms with Crippen molar-refractivity contribution in [2.75, 3.05) is 13.1 Å². The highest BCUT2D eigenvalue weighted by Crippen LogP contribution is 2.13. The summed E-state index contributed by atoms with van der Waals surface area (Å²) in [5, 5.41) is 0. The number of imidazole rings is 1. The lowest BCUT2D eigenvalue weighted by Crippen LogP contribution is -2.44. The summed E-state index contributed by atoms with van der Waals surface area (Å²) < 4.78 is 2.23. The zero-order chi connectivity index (χ0) is 11.5. The van der Waals surface area contributed by atoms with Crippen LogP contribution in [0, 0.1) is 5.92 Å². The molecule has 90 valence electrons. The first-order valence-corrected chi connectivity index (χ1v) is 6.18. The van der Waals surface area contributed by atoms with E-state index in [0.717, 1.165) is 32.6 Å². The van der Waals surface area contributed by atoms with Crippen molar-refractivity contribution in [2.24, 2.45) is 11.7 Å². The molecule has 1 aromatic heterocycles. The van der Waals surface area contributed by atoms with E-state index in [1.807, 2.05) is 6.20 Å². The predicted molar refractivity (Wildman–Crippen MR) is 64.9 cm³/mol. The lowest BCUT2D eigenvalue weighted by atomic mass is 9.99. The average Bonchev–Trinajstić information content (AvgIpc) is 2.75. The third-order valence-corrected chi connectivity index (χ3v) is 3.67. The molecule has 0 saturated heterocycles. The summed E-state index contributed by atoms with van der Waals surface area (Å²) in [6, 6.07) is 0.284. The van der Waals surface area contributed by atoms with Crippen molar-refractivity contribution in [1.82, 2.24) is 14.5 Å². The van der Waals surface area contributed by atoms with Gasteiger partial charge in [0.15, 0.2) is 0 Å². The maximum atomic E-state index is 6.18. The van der Waals surface area contributed by atoms with Gasteiger partial charge in [-0.3, -0.25) is 4.90 Å². The summed E-state index contributed by atoms with van der Waals surface area (Å²) >= 11 is 0. The Morgan fingerprint density at radius 3 is 3.06 bits per heavy atom. The molecule has 1 aliphatic heterocycles. The van der Waals surface area contributed by atoms with Gasteiger partial charge in [0, 0.05) is 38.1 Å². The molecule has 0 aliphatic carbocycles. The second kappa shape index (κ2) is 4.97. The number of hydrogen-bond donors (Lipinski definition) is 1. The van der Waals surface area contributed by atoms with Crippen molar-refractivity contribution in [2.45, 2.75) is 39.4 Å². The lowest BCUT2D eigenvalue weighted by Gasteiger charge is -2.31. The molecule has 0 bridgehead atoms. The van der Waals surface area contributed by atoms with Gasteiger partial charge in [-0.05, 0) is 5.92 Å². The monoisotopic (exact) mass is 222 g/mol. The van der Waals surface area contributed by atoms with E-state index in [0.29, 0.717) is 5.92 Å². The Bertz CT molecular complexity index is 334. The van der Waals surface area contributed by atoms with Gasteiger partial charge < -0.3 is 10.3 Å². The molecule has 0 aromatic carbocycles. The van der Waals surface area contributed by atoms with Crippen LogP contribution >= 0.6 is 0 Å². The van der Waals surface area contributed by atoms with Crippen molar-refractivity contribution < 1.29 is 0 Å². The molecule has 1 aliphatic rings. The lowest BCUT2D eigenvalue weighted by molar-refractivity contribution is 0.188. The molecule has 4 heteroatoms. The van der Waals surface area contributed by atoms with Gasteiger partial charge in [-0.25, -0.2) is 4.98 Å². The highest BCUT2D eigenvalue weighted by atomic mass is 15.2. The topological polar surface area (TPSA) is 47.1 Å². The fourth-order valence-corrected chi connectivity index (χ4v) is 2.16. The van der Waals surface area contributed by atoms with E-state index >= 15 is 0 Å². The number of fused-ring (bicyclic) bond motifs is 1. The second-order valence-electron chi connectivity index (χ2n) is 4.82. The number of aromatic nitrogens is 2. The van der Waals surface area contributed by atoms with Crippen LogP contribution in [0.15, 0.2) is 12.4 Å². The smallest absolute Gasteiger partial charge is 0.122 e. The minimum Gasteiger partial charge on any atom is -0.333 e. The van der Waals surface area contributed by atoms with Gasteiger partial charge in [-0.2, -0.15) is 0 Å². The molecule has 2 N–H and O–H groups in total. The standard InChI is InChI=1S/C12H22N4/c1-3-10(2)11(13)8-15-6-7-16-5-4-14-12(16)9-15/h4-5,10-11H,3,6-9,13H2,1-2H3. The minimum absolute atomic E-state index is 0.284. The molecule has 2 rings (SSSR count). The zero-order valence-electron chi connectivity index (χ0n) is 10.3. The summed E-state index contributed by atoms with van der Waals surface area (Å²) in [5.74, 6) is 1.77. The van der Waals surface area contributed by atoms with Crippen LogP contribution in [-0.4, -0.2) is 33.6 Å². The number of nitrogens with two attached hydrogens (primary N) is 1. The SMILES string of the molecule is CCC(C)C(N)CN1CCn2ccnc2C1. The number of nitrogens with zero attached hydrogens (tertiary/aromatic N) is 3. The molecule has 2 unspecified atom stereocenters. The third kappa shape index (κ3) is 2.44. The second-order valence-corrected chi connectivity index (χ2v) is 4.82. The predicted octanol–water partition coefficient (Wildman–Crippen LogP) is 1.07. The molecular formula is C12H22N4. The van der Waals surface area contributed by atoms with E-state index in [-0.39, 0.29) is 6.04 Å². The number of hydrogen-bond acceptors (Lipinski definition) is 3. The first-order valence-electron chi connectivity index (χ1n) is 6.18. The largest absolute Gasteiger partial charge is 0.333 e. The van der Waals surface area contributed by atoms with E-state index in [9.17, 15) is 0 Å². The van der Waals surface area contributed by atoms with Gasteiger partial charge in [0.2, 0.25) is 0 Å². The fourth-order valence-electron chi connectivity index (χ4n) is 2.16. The van der Waals surface area contributed by atoms with Crippen LogP contribution in [0.2, 0.25) is 0 Å². The van der Waals surface area contributed by atoms with Crippen molar-refractivity contribution in [3.05, 3.63) is 18.2 Å². The van der Waals surface area contributed by atoms with Crippen molar-refractivity contribution in [3.8, 4) is 0 Å². The molecule has 2 atom stereocenters. The third-order valence-electron chi connectivity index (χ3n) is 3.67. The van der Waals surface area contributed by atoms with Gasteiger partial charge in [0.25, 0.3) is 0 Å². The molecule has 0 fully saturated rings. The van der Waals surface area contributed by atoms with Crippen LogP contribution in [0.5, 0.6) is 0 Å². The van der Waals surface area contributed by atoms with E-state index in [1.165, 1.54) is 5.82 Å². The molecule has 0 saturated carbocycles. The number of rotatable bonds is 4. The molecule has 0 spiro atoms. The first-order chi connectivity index (χ1) is 7.70. The summed E-state index contributed by atoms with van der Waals surface area (Å²) in [6.07, 6.45) is 5.10. The van der Waals surface area contributed by atoms with Gasteiger partial charge in [0.05, 0.1) is 6.54 Å². The highest BCUT2D eigenvalue weighted by Gasteiger charge is 2.20. The quantitative estimate of drug-likeness (QED) is 0.829. The Kier molecular flexibility index (Phi) is 3.61. The van der Waals surface area contributed by atoms with Crippen molar-refractivity contribution in [3.63, 3.8) is 0 Å². The van der Waals surface area contributed by atoms with Crippen LogP contribution in [0.3, 0.4) is 0 Å². The van der Waals surface area contributed by atoms with Crippen molar-refractivity contribution >= 4 is 0 Å². The average molecular weight is 222 g/mol. The molecule has 2 heterocycles. The van der Waals surface area contributed by atoms with Crippen LogP contribution in [0.25, 0.3) is 0 Å². The van der Waals surface area contributed by atoms with E-state index in [2.05, 4.69) is 34.5 Å². The summed E-state index contributed by atoms with van der Waals surface area (Å²) in [4.78, 5) is 6.78. The van der Waals surface area contributed by atoms with Gasteiger partial charge in [0.1, 0.15) is 5.82 Å². The molecule has 4 nitrogen and oxygen atoms in total. The Morgan fingerprint density at radius 1 is 1.50 bits per heavy atom. The normalized spacial score (nSPS) is 20.4. The van der Waals surface area contributed by atoms with Gasteiger partial charge in [-0.15, -0.1) is 0 Å². The first kappa shape index (κ1) is 11.6. The molecule has 16 heavy (non-hydrogen) atoms. The van der Waals surface area contributed by atoms with Gasteiger partial charge >= 0.3 is 0 Å². The van der Waals surface area contributed by atoms with Crippen LogP contribution in [0.1, 0.15) is 26.1 Å². The Labute approximate surface area is 97.4 Å². The van der Waals surface area contributed by atoms with Crippen molar-refractivity contribution in [1.29, 1.82) is 0 Å². The highest BCUT2D eigenvalue weighted by molar-refractivity contribution is 4.96. The minimum atomic E-state index is 0.284. The van der Waals surface area contributed by atoms with Crippen LogP contribution in [-0.2, 0) is 13.1 Å². The molecule has 1 aromatic rings. The maximum absolute atomic E-state index is 6.18. The molecule has 0 amide bonds. The van der Waals surface area contributed by atoms with E-state index < -0.39 is 0 Å². The Morgan fingerprint density at radius 2 is 2.31 bits per heavy atom. The van der Waals surface area contributed by atoms with Crippen LogP contribution < -0.4 is 5.73 Å². The van der Waals surface area contributed by atoms with E-state index in [4.69, 9.17) is 5.73 Å². The fraction of sp³-hybridized carbons (Fsp3) is 0.750. The summed E-state index contributed by atoms with van der Waals surface area (Å²) in [5.41, 5.74) is 6.18. The van der Waals surface area contributed by atoms with Crippen LogP contribution in [0.4, 0.5) is 0 Å². The maximum Gasteiger partial charge on any atom is 0.122 e. The summed E-state index contributed by atoms with van der Waals surface area (Å²) in [6.45, 7) is 8.50. The molecular weight excluding hydrogens is 200 g/mol. The Hall–Kier alpha value is -0.870. The van der Waals surface area contributed by atoms with E-state index in [1.54, 1.807) is 0 Å². The van der Waals surface area contributed by atoms with Gasteiger partial charge in [-0.1, -0.05) is 20.3 Å². The molecule has 0 radical (unpaired) electrons.